The lowest BCUT2D eigenvalue weighted by molar-refractivity contribution is 0.0986. The number of hydrogen-bond acceptors (Lipinski definition) is 2. The first-order valence-electron chi connectivity index (χ1n) is 9.13. The molecule has 0 bridgehead atoms. The maximum atomic E-state index is 3.78. The quantitative estimate of drug-likeness (QED) is 0.793. The molecule has 1 saturated carbocycles. The van der Waals surface area contributed by atoms with Gasteiger partial charge in [-0.15, -0.1) is 0 Å². The molecule has 1 aliphatic heterocycles. The molecule has 20 heavy (non-hydrogen) atoms. The van der Waals surface area contributed by atoms with Crippen molar-refractivity contribution >= 4 is 0 Å². The molecule has 1 N–H and O–H groups in total. The Hall–Kier alpha value is -0.0800. The first-order chi connectivity index (χ1) is 9.65. The summed E-state index contributed by atoms with van der Waals surface area (Å²) in [4.78, 5) is 2.84. The molecule has 2 nitrogen and oxygen atoms in total. The predicted octanol–water partition coefficient (Wildman–Crippen LogP) is 3.91. The zero-order valence-corrected chi connectivity index (χ0v) is 14.2. The number of likely N-dealkylation sites (tertiary alicyclic amines) is 1. The van der Waals surface area contributed by atoms with E-state index in [0.717, 1.165) is 36.4 Å². The normalized spacial score (nSPS) is 35.9. The largest absolute Gasteiger partial charge is 0.313 e. The van der Waals surface area contributed by atoms with Crippen LogP contribution in [-0.2, 0) is 0 Å². The minimum atomic E-state index is 0.746. The fourth-order valence-corrected chi connectivity index (χ4v) is 4.50. The number of hydrogen-bond donors (Lipinski definition) is 1. The molecule has 1 aliphatic carbocycles. The second-order valence-electron chi connectivity index (χ2n) is 7.49. The third-order valence-corrected chi connectivity index (χ3v) is 5.75. The van der Waals surface area contributed by atoms with E-state index in [9.17, 15) is 0 Å². The Kier molecular flexibility index (Phi) is 6.35. The third-order valence-electron chi connectivity index (χ3n) is 5.75. The average Bonchev–Trinajstić information content (AvgIpc) is 2.88. The van der Waals surface area contributed by atoms with Crippen LogP contribution in [0.25, 0.3) is 0 Å². The van der Waals surface area contributed by atoms with E-state index in [-0.39, 0.29) is 0 Å². The van der Waals surface area contributed by atoms with Gasteiger partial charge in [-0.1, -0.05) is 34.1 Å². The van der Waals surface area contributed by atoms with E-state index >= 15 is 0 Å². The monoisotopic (exact) mass is 280 g/mol. The van der Waals surface area contributed by atoms with Gasteiger partial charge in [0.25, 0.3) is 0 Å². The van der Waals surface area contributed by atoms with E-state index in [1.165, 1.54) is 51.6 Å². The van der Waals surface area contributed by atoms with Crippen LogP contribution in [0.1, 0.15) is 66.2 Å². The zero-order valence-electron chi connectivity index (χ0n) is 14.2. The molecule has 2 fully saturated rings. The lowest BCUT2D eigenvalue weighted by atomic mass is 9.76. The molecule has 0 spiro atoms. The van der Waals surface area contributed by atoms with Gasteiger partial charge in [-0.3, -0.25) is 4.90 Å². The van der Waals surface area contributed by atoms with Crippen molar-refractivity contribution in [3.05, 3.63) is 0 Å². The molecule has 118 valence electrons. The van der Waals surface area contributed by atoms with Crippen LogP contribution in [0.2, 0.25) is 0 Å². The first-order valence-corrected chi connectivity index (χ1v) is 9.13. The molecule has 2 heteroatoms. The Morgan fingerprint density at radius 2 is 1.95 bits per heavy atom. The van der Waals surface area contributed by atoms with Gasteiger partial charge in [0, 0.05) is 18.6 Å². The molecule has 1 saturated heterocycles. The van der Waals surface area contributed by atoms with Crippen molar-refractivity contribution < 1.29 is 0 Å². The fraction of sp³-hybridized carbons (Fsp3) is 1.00. The van der Waals surface area contributed by atoms with Crippen molar-refractivity contribution in [2.24, 2.45) is 17.8 Å². The second-order valence-corrected chi connectivity index (χ2v) is 7.49. The third kappa shape index (κ3) is 3.98. The summed E-state index contributed by atoms with van der Waals surface area (Å²) in [5.74, 6) is 2.77. The van der Waals surface area contributed by atoms with Gasteiger partial charge in [-0.2, -0.15) is 0 Å². The van der Waals surface area contributed by atoms with Crippen LogP contribution < -0.4 is 5.32 Å². The van der Waals surface area contributed by atoms with Crippen molar-refractivity contribution in [2.75, 3.05) is 19.6 Å². The van der Waals surface area contributed by atoms with E-state index < -0.39 is 0 Å². The van der Waals surface area contributed by atoms with Gasteiger partial charge in [0.05, 0.1) is 0 Å². The van der Waals surface area contributed by atoms with Crippen molar-refractivity contribution in [2.45, 2.75) is 78.3 Å². The van der Waals surface area contributed by atoms with Gasteiger partial charge < -0.3 is 5.32 Å². The Bertz CT molecular complexity index is 277. The lowest BCUT2D eigenvalue weighted by Gasteiger charge is -2.43. The summed E-state index contributed by atoms with van der Waals surface area (Å²) in [7, 11) is 0. The van der Waals surface area contributed by atoms with Crippen molar-refractivity contribution in [1.82, 2.24) is 10.2 Å². The molecular weight excluding hydrogens is 244 g/mol. The molecule has 2 aliphatic rings. The Morgan fingerprint density at radius 3 is 2.60 bits per heavy atom. The standard InChI is InChI=1S/C18H36N2/c1-5-7-15-10-11-20(13-15)18-12-16(14(3)4)8-9-17(18)19-6-2/h14-19H,5-13H2,1-4H3. The summed E-state index contributed by atoms with van der Waals surface area (Å²) in [6.45, 7) is 13.3. The van der Waals surface area contributed by atoms with Crippen LogP contribution in [0, 0.1) is 17.8 Å². The van der Waals surface area contributed by atoms with E-state index in [4.69, 9.17) is 0 Å². The maximum Gasteiger partial charge on any atom is 0.0252 e. The summed E-state index contributed by atoms with van der Waals surface area (Å²) in [5, 5.41) is 3.78. The van der Waals surface area contributed by atoms with Gasteiger partial charge in [-0.05, 0) is 62.9 Å². The van der Waals surface area contributed by atoms with Crippen molar-refractivity contribution in [3.8, 4) is 0 Å². The van der Waals surface area contributed by atoms with Crippen LogP contribution in [0.15, 0.2) is 0 Å². The van der Waals surface area contributed by atoms with Gasteiger partial charge in [0.1, 0.15) is 0 Å². The Morgan fingerprint density at radius 1 is 1.15 bits per heavy atom. The molecule has 0 amide bonds. The highest BCUT2D eigenvalue weighted by Gasteiger charge is 2.37. The zero-order chi connectivity index (χ0) is 14.5. The van der Waals surface area contributed by atoms with Gasteiger partial charge >= 0.3 is 0 Å². The molecule has 1 heterocycles. The Balaban J connectivity index is 1.96. The average molecular weight is 281 g/mol. The van der Waals surface area contributed by atoms with Crippen LogP contribution in [0.3, 0.4) is 0 Å². The van der Waals surface area contributed by atoms with Crippen molar-refractivity contribution in [1.29, 1.82) is 0 Å². The van der Waals surface area contributed by atoms with Crippen LogP contribution >= 0.6 is 0 Å². The summed E-state index contributed by atoms with van der Waals surface area (Å²) < 4.78 is 0. The number of nitrogens with zero attached hydrogens (tertiary/aromatic N) is 1. The lowest BCUT2D eigenvalue weighted by Crippen LogP contribution is -2.53. The molecular formula is C18H36N2. The topological polar surface area (TPSA) is 15.3 Å². The van der Waals surface area contributed by atoms with Gasteiger partial charge in [-0.25, -0.2) is 0 Å². The molecule has 0 radical (unpaired) electrons. The predicted molar refractivity (Wildman–Crippen MR) is 88.0 cm³/mol. The summed E-state index contributed by atoms with van der Waals surface area (Å²) in [6.07, 6.45) is 8.47. The van der Waals surface area contributed by atoms with E-state index in [1.807, 2.05) is 0 Å². The van der Waals surface area contributed by atoms with Crippen LogP contribution in [0.4, 0.5) is 0 Å². The minimum absolute atomic E-state index is 0.746. The number of likely N-dealkylation sites (N-methyl/N-ethyl adjacent to an activating group) is 1. The molecule has 0 aromatic carbocycles. The van der Waals surface area contributed by atoms with Crippen LogP contribution in [-0.4, -0.2) is 36.6 Å². The molecule has 2 rings (SSSR count). The summed E-state index contributed by atoms with van der Waals surface area (Å²) in [5.41, 5.74) is 0. The Labute approximate surface area is 126 Å². The second kappa shape index (κ2) is 7.79. The van der Waals surface area contributed by atoms with Gasteiger partial charge in [0.2, 0.25) is 0 Å². The first kappa shape index (κ1) is 16.3. The SMILES string of the molecule is CCCC1CCN(C2CC(C(C)C)CCC2NCC)C1. The highest BCUT2D eigenvalue weighted by atomic mass is 15.2. The summed E-state index contributed by atoms with van der Waals surface area (Å²) in [6, 6.07) is 1.55. The molecule has 4 atom stereocenters. The maximum absolute atomic E-state index is 3.78. The smallest absolute Gasteiger partial charge is 0.0252 e. The highest BCUT2D eigenvalue weighted by Crippen LogP contribution is 2.35. The number of nitrogens with one attached hydrogen (secondary N) is 1. The van der Waals surface area contributed by atoms with E-state index in [0.29, 0.717) is 0 Å². The number of rotatable bonds is 6. The molecule has 4 unspecified atom stereocenters. The van der Waals surface area contributed by atoms with Crippen molar-refractivity contribution in [3.63, 3.8) is 0 Å². The summed E-state index contributed by atoms with van der Waals surface area (Å²) >= 11 is 0. The van der Waals surface area contributed by atoms with Crippen LogP contribution in [0.5, 0.6) is 0 Å². The van der Waals surface area contributed by atoms with E-state index in [1.54, 1.807) is 0 Å². The molecule has 0 aromatic rings. The van der Waals surface area contributed by atoms with E-state index in [2.05, 4.69) is 37.9 Å². The fourth-order valence-electron chi connectivity index (χ4n) is 4.50. The molecule has 0 aromatic heterocycles. The van der Waals surface area contributed by atoms with Gasteiger partial charge in [0.15, 0.2) is 0 Å². The minimum Gasteiger partial charge on any atom is -0.313 e. The highest BCUT2D eigenvalue weighted by molar-refractivity contribution is 4.94.